The molecule has 2 fully saturated rings. The maximum Gasteiger partial charge on any atom is 0.303 e. The van der Waals surface area contributed by atoms with E-state index < -0.39 is 12.1 Å². The van der Waals surface area contributed by atoms with Gasteiger partial charge in [-0.3, -0.25) is 4.79 Å². The molecule has 0 spiro atoms. The molecule has 140 valence electrons. The number of aliphatic hydroxyl groups excluding tert-OH is 1. The van der Waals surface area contributed by atoms with Gasteiger partial charge < -0.3 is 14.9 Å². The van der Waals surface area contributed by atoms with Gasteiger partial charge in [0.2, 0.25) is 0 Å². The van der Waals surface area contributed by atoms with Crippen LogP contribution in [0.2, 0.25) is 0 Å². The van der Waals surface area contributed by atoms with Gasteiger partial charge in [-0.05, 0) is 44.9 Å². The average Bonchev–Trinajstić information content (AvgIpc) is 3.17. The van der Waals surface area contributed by atoms with Gasteiger partial charge in [-0.1, -0.05) is 43.8 Å². The van der Waals surface area contributed by atoms with Crippen molar-refractivity contribution in [2.45, 2.75) is 89.4 Å². The number of ether oxygens (including phenoxy) is 1. The molecule has 2 heterocycles. The minimum Gasteiger partial charge on any atom is -0.481 e. The quantitative estimate of drug-likeness (QED) is 0.357. The first-order valence-electron chi connectivity index (χ1n) is 9.83. The van der Waals surface area contributed by atoms with Crippen molar-refractivity contribution in [2.24, 2.45) is 11.8 Å². The van der Waals surface area contributed by atoms with Crippen molar-refractivity contribution in [3.8, 4) is 11.8 Å². The van der Waals surface area contributed by atoms with Crippen LogP contribution < -0.4 is 0 Å². The van der Waals surface area contributed by atoms with Crippen molar-refractivity contribution in [1.82, 2.24) is 0 Å². The van der Waals surface area contributed by atoms with Gasteiger partial charge in [-0.25, -0.2) is 0 Å². The fourth-order valence-electron chi connectivity index (χ4n) is 3.87. The molecule has 2 N–H and O–H groups in total. The van der Waals surface area contributed by atoms with Crippen LogP contribution in [0.3, 0.4) is 0 Å². The first kappa shape index (κ1) is 20.0. The largest absolute Gasteiger partial charge is 0.481 e. The Morgan fingerprint density at radius 2 is 2.04 bits per heavy atom. The third-order valence-electron chi connectivity index (χ3n) is 5.26. The molecule has 2 aliphatic heterocycles. The van der Waals surface area contributed by atoms with Gasteiger partial charge in [0.1, 0.15) is 6.10 Å². The molecular formula is C21H32O4. The predicted molar refractivity (Wildman–Crippen MR) is 98.0 cm³/mol. The van der Waals surface area contributed by atoms with Crippen molar-refractivity contribution in [3.63, 3.8) is 0 Å². The molecule has 25 heavy (non-hydrogen) atoms. The number of carboxylic acid groups (broad SMARTS) is 1. The normalized spacial score (nSPS) is 28.9. The fourth-order valence-corrected chi connectivity index (χ4v) is 3.87. The van der Waals surface area contributed by atoms with E-state index in [1.54, 1.807) is 0 Å². The molecule has 0 radical (unpaired) electrons. The molecule has 0 aromatic heterocycles. The molecule has 0 aromatic carbocycles. The highest BCUT2D eigenvalue weighted by Crippen LogP contribution is 2.44. The van der Waals surface area contributed by atoms with E-state index in [-0.39, 0.29) is 18.4 Å². The van der Waals surface area contributed by atoms with Crippen LogP contribution in [0, 0.1) is 23.7 Å². The molecular weight excluding hydrogens is 316 g/mol. The number of aliphatic carboxylic acids is 1. The summed E-state index contributed by atoms with van der Waals surface area (Å²) in [5.41, 5.74) is 0. The summed E-state index contributed by atoms with van der Waals surface area (Å²) in [7, 11) is 0. The number of hydrogen-bond donors (Lipinski definition) is 2. The second-order valence-corrected chi connectivity index (χ2v) is 7.27. The molecule has 0 aromatic rings. The van der Waals surface area contributed by atoms with Gasteiger partial charge in [0.25, 0.3) is 0 Å². The van der Waals surface area contributed by atoms with Crippen molar-refractivity contribution < 1.29 is 19.7 Å². The van der Waals surface area contributed by atoms with Crippen molar-refractivity contribution in [1.29, 1.82) is 0 Å². The van der Waals surface area contributed by atoms with Crippen LogP contribution in [0.1, 0.15) is 71.1 Å². The molecule has 0 aliphatic carbocycles. The average molecular weight is 348 g/mol. The van der Waals surface area contributed by atoms with Gasteiger partial charge in [-0.2, -0.15) is 0 Å². The summed E-state index contributed by atoms with van der Waals surface area (Å²) >= 11 is 0. The molecule has 5 atom stereocenters. The Balaban J connectivity index is 1.80. The smallest absolute Gasteiger partial charge is 0.303 e. The van der Waals surface area contributed by atoms with E-state index in [0.717, 1.165) is 51.4 Å². The Labute approximate surface area is 151 Å². The van der Waals surface area contributed by atoms with E-state index in [2.05, 4.69) is 30.9 Å². The zero-order valence-corrected chi connectivity index (χ0v) is 15.3. The highest BCUT2D eigenvalue weighted by Gasteiger charge is 2.47. The monoisotopic (exact) mass is 348 g/mol. The van der Waals surface area contributed by atoms with E-state index in [0.29, 0.717) is 18.4 Å². The van der Waals surface area contributed by atoms with Gasteiger partial charge in [0.15, 0.2) is 0 Å². The number of rotatable bonds is 10. The van der Waals surface area contributed by atoms with Gasteiger partial charge in [0, 0.05) is 12.3 Å². The van der Waals surface area contributed by atoms with Gasteiger partial charge in [-0.15, -0.1) is 0 Å². The van der Waals surface area contributed by atoms with Crippen LogP contribution in [-0.2, 0) is 9.53 Å². The third kappa shape index (κ3) is 6.49. The van der Waals surface area contributed by atoms with Crippen LogP contribution in [0.4, 0.5) is 0 Å². The molecule has 2 saturated heterocycles. The summed E-state index contributed by atoms with van der Waals surface area (Å²) in [5, 5.41) is 18.7. The van der Waals surface area contributed by atoms with E-state index >= 15 is 0 Å². The highest BCUT2D eigenvalue weighted by atomic mass is 16.5. The molecule has 2 aliphatic rings. The lowest BCUT2D eigenvalue weighted by Gasteiger charge is -2.23. The summed E-state index contributed by atoms with van der Waals surface area (Å²) in [4.78, 5) is 10.5. The Kier molecular flexibility index (Phi) is 8.51. The predicted octanol–water partition coefficient (Wildman–Crippen LogP) is 3.93. The number of unbranched alkanes of at least 4 members (excludes halogenated alkanes) is 3. The molecule has 4 heteroatoms. The molecule has 4 nitrogen and oxygen atoms in total. The number of allylic oxidation sites excluding steroid dienone is 2. The first-order valence-corrected chi connectivity index (χ1v) is 9.83. The van der Waals surface area contributed by atoms with E-state index in [1.165, 1.54) is 0 Å². The summed E-state index contributed by atoms with van der Waals surface area (Å²) < 4.78 is 6.04. The van der Waals surface area contributed by atoms with E-state index in [4.69, 9.17) is 9.84 Å². The number of carboxylic acids is 1. The lowest BCUT2D eigenvalue weighted by atomic mass is 9.77. The summed E-state index contributed by atoms with van der Waals surface area (Å²) in [6.07, 6.45) is 13.2. The summed E-state index contributed by atoms with van der Waals surface area (Å²) in [5.74, 6) is 6.28. The van der Waals surface area contributed by atoms with Crippen LogP contribution in [0.5, 0.6) is 0 Å². The molecule has 0 saturated carbocycles. The molecule has 2 rings (SSSR count). The second-order valence-electron chi connectivity index (χ2n) is 7.27. The summed E-state index contributed by atoms with van der Waals surface area (Å²) in [6, 6.07) is 0. The number of aliphatic hydroxyl groups is 1. The van der Waals surface area contributed by atoms with E-state index in [1.807, 2.05) is 0 Å². The standard InChI is InChI=1S/C21H32O4/c1-2-3-6-9-16(22)12-13-18-17(19-14-15-20(18)25-19)10-7-4-5-8-11-21(23)24/h4,7,16-20,22H,2-3,5-6,8-11,14-15H2,1H3,(H,23,24)/b7-4-/t16?,17-,18+,19-,20+/m1/s1. The Morgan fingerprint density at radius 3 is 2.80 bits per heavy atom. The number of hydrogen-bond acceptors (Lipinski definition) is 3. The minimum absolute atomic E-state index is 0.225. The van der Waals surface area contributed by atoms with E-state index in [9.17, 15) is 9.90 Å². The number of fused-ring (bicyclic) bond motifs is 2. The molecule has 1 unspecified atom stereocenters. The Bertz CT molecular complexity index is 502. The van der Waals surface area contributed by atoms with Crippen LogP contribution in [0.15, 0.2) is 12.2 Å². The van der Waals surface area contributed by atoms with Crippen molar-refractivity contribution in [3.05, 3.63) is 12.2 Å². The fraction of sp³-hybridized carbons (Fsp3) is 0.762. The lowest BCUT2D eigenvalue weighted by molar-refractivity contribution is -0.137. The summed E-state index contributed by atoms with van der Waals surface area (Å²) in [6.45, 7) is 2.16. The van der Waals surface area contributed by atoms with Crippen molar-refractivity contribution >= 4 is 5.97 Å². The lowest BCUT2D eigenvalue weighted by Crippen LogP contribution is -2.26. The topological polar surface area (TPSA) is 66.8 Å². The molecule has 0 amide bonds. The zero-order chi connectivity index (χ0) is 18.1. The molecule has 2 bridgehead atoms. The van der Waals surface area contributed by atoms with Gasteiger partial charge >= 0.3 is 5.97 Å². The Hall–Kier alpha value is -1.31. The third-order valence-corrected chi connectivity index (χ3v) is 5.26. The highest BCUT2D eigenvalue weighted by molar-refractivity contribution is 5.66. The van der Waals surface area contributed by atoms with Crippen molar-refractivity contribution in [2.75, 3.05) is 0 Å². The van der Waals surface area contributed by atoms with Crippen LogP contribution >= 0.6 is 0 Å². The maximum atomic E-state index is 10.5. The second kappa shape index (κ2) is 10.6. The SMILES string of the molecule is CCCCCC(O)C#C[C@H]1[C@@H](C/C=C\CCCC(=O)O)[C@H]2CC[C@@H]1O2. The maximum absolute atomic E-state index is 10.5. The first-order chi connectivity index (χ1) is 12.1. The zero-order valence-electron chi connectivity index (χ0n) is 15.3. The number of carbonyl (C=O) groups is 1. The van der Waals surface area contributed by atoms with Crippen LogP contribution in [-0.4, -0.2) is 34.5 Å². The van der Waals surface area contributed by atoms with Gasteiger partial charge in [0.05, 0.1) is 18.1 Å². The Morgan fingerprint density at radius 1 is 1.24 bits per heavy atom. The minimum atomic E-state index is -0.734. The van der Waals surface area contributed by atoms with Crippen LogP contribution in [0.25, 0.3) is 0 Å².